The number of halogens is 2. The van der Waals surface area contributed by atoms with E-state index in [9.17, 15) is 8.78 Å². The van der Waals surface area contributed by atoms with Gasteiger partial charge in [-0.15, -0.1) is 0 Å². The van der Waals surface area contributed by atoms with Crippen LogP contribution in [0.3, 0.4) is 0 Å². The summed E-state index contributed by atoms with van der Waals surface area (Å²) in [7, 11) is 0. The number of ether oxygens (including phenoxy) is 1. The lowest BCUT2D eigenvalue weighted by Crippen LogP contribution is -2.16. The van der Waals surface area contributed by atoms with Gasteiger partial charge < -0.3 is 4.74 Å². The normalized spacial score (nSPS) is 28.4. The van der Waals surface area contributed by atoms with Crippen LogP contribution in [0.1, 0.15) is 96.0 Å². The fourth-order valence-electron chi connectivity index (χ4n) is 5.47. The average Bonchev–Trinajstić information content (AvgIpc) is 3.13. The maximum atomic E-state index is 14.5. The van der Waals surface area contributed by atoms with E-state index in [0.717, 1.165) is 43.4 Å². The third-order valence-corrected chi connectivity index (χ3v) is 6.99. The van der Waals surface area contributed by atoms with E-state index in [1.165, 1.54) is 44.9 Å². The molecular formula is C24H36F2O. The quantitative estimate of drug-likeness (QED) is 0.452. The molecule has 2 saturated carbocycles. The molecule has 2 aliphatic carbocycles. The predicted molar refractivity (Wildman–Crippen MR) is 107 cm³/mol. The Labute approximate surface area is 163 Å². The van der Waals surface area contributed by atoms with Gasteiger partial charge >= 0.3 is 0 Å². The van der Waals surface area contributed by atoms with Gasteiger partial charge in [0.1, 0.15) is 0 Å². The summed E-state index contributed by atoms with van der Waals surface area (Å²) in [6.07, 6.45) is 14.0. The zero-order valence-electron chi connectivity index (χ0n) is 17.1. The minimum atomic E-state index is -0.820. The van der Waals surface area contributed by atoms with Crippen LogP contribution >= 0.6 is 0 Å². The van der Waals surface area contributed by atoms with Crippen LogP contribution in [0, 0.1) is 29.4 Å². The molecule has 2 atom stereocenters. The van der Waals surface area contributed by atoms with Crippen molar-refractivity contribution in [1.82, 2.24) is 0 Å². The number of hydrogen-bond acceptors (Lipinski definition) is 1. The topological polar surface area (TPSA) is 9.23 Å². The fourth-order valence-corrected chi connectivity index (χ4v) is 5.47. The van der Waals surface area contributed by atoms with Crippen molar-refractivity contribution in [3.63, 3.8) is 0 Å². The van der Waals surface area contributed by atoms with Gasteiger partial charge in [-0.3, -0.25) is 0 Å². The van der Waals surface area contributed by atoms with Gasteiger partial charge in [-0.25, -0.2) is 4.39 Å². The highest BCUT2D eigenvalue weighted by Crippen LogP contribution is 2.42. The zero-order valence-corrected chi connectivity index (χ0v) is 17.1. The maximum absolute atomic E-state index is 14.5. The second-order valence-electron chi connectivity index (χ2n) is 8.84. The minimum absolute atomic E-state index is 0.0328. The molecule has 0 N–H and O–H groups in total. The first-order chi connectivity index (χ1) is 13.1. The van der Waals surface area contributed by atoms with E-state index in [0.29, 0.717) is 12.2 Å². The van der Waals surface area contributed by atoms with Crippen LogP contribution in [0.25, 0.3) is 0 Å². The van der Waals surface area contributed by atoms with Crippen LogP contribution in [-0.2, 0) is 0 Å². The molecule has 0 amide bonds. The summed E-state index contributed by atoms with van der Waals surface area (Å²) in [6, 6.07) is 3.33. The van der Waals surface area contributed by atoms with Gasteiger partial charge in [0.15, 0.2) is 11.6 Å². The standard InChI is InChI=1S/C24H36F2O/c1-3-5-18-8-9-19(16-18)7-6-17-10-12-20(13-11-17)21-14-15-22(27-4-2)24(26)23(21)25/h14-15,17-20H,3-13,16H2,1-2H3. The van der Waals surface area contributed by atoms with Gasteiger partial charge in [-0.1, -0.05) is 51.5 Å². The summed E-state index contributed by atoms with van der Waals surface area (Å²) in [6.45, 7) is 4.42. The van der Waals surface area contributed by atoms with Crippen LogP contribution in [0.2, 0.25) is 0 Å². The van der Waals surface area contributed by atoms with Crippen molar-refractivity contribution >= 4 is 0 Å². The summed E-state index contributed by atoms with van der Waals surface area (Å²) in [5.41, 5.74) is 0.549. The van der Waals surface area contributed by atoms with Gasteiger partial charge in [0.05, 0.1) is 6.61 Å². The monoisotopic (exact) mass is 378 g/mol. The number of hydrogen-bond donors (Lipinski definition) is 0. The molecule has 27 heavy (non-hydrogen) atoms. The van der Waals surface area contributed by atoms with E-state index >= 15 is 0 Å². The van der Waals surface area contributed by atoms with E-state index in [1.807, 2.05) is 0 Å². The lowest BCUT2D eigenvalue weighted by Gasteiger charge is -2.30. The van der Waals surface area contributed by atoms with Crippen molar-refractivity contribution in [3.05, 3.63) is 29.3 Å². The van der Waals surface area contributed by atoms with E-state index < -0.39 is 11.6 Å². The first kappa shape index (κ1) is 20.6. The lowest BCUT2D eigenvalue weighted by molar-refractivity contribution is 0.279. The third kappa shape index (κ3) is 5.23. The molecule has 0 saturated heterocycles. The Kier molecular flexibility index (Phi) is 7.55. The van der Waals surface area contributed by atoms with Crippen molar-refractivity contribution in [1.29, 1.82) is 0 Å². The average molecular weight is 379 g/mol. The molecule has 3 heteroatoms. The van der Waals surface area contributed by atoms with E-state index in [1.54, 1.807) is 19.1 Å². The second-order valence-corrected chi connectivity index (χ2v) is 8.84. The molecule has 0 radical (unpaired) electrons. The molecule has 2 unspecified atom stereocenters. The van der Waals surface area contributed by atoms with Crippen molar-refractivity contribution in [2.75, 3.05) is 6.61 Å². The maximum Gasteiger partial charge on any atom is 0.200 e. The SMILES string of the molecule is CCCC1CCC(CCC2CCC(c3ccc(OCC)c(F)c3F)CC2)C1. The second kappa shape index (κ2) is 9.89. The smallest absolute Gasteiger partial charge is 0.200 e. The van der Waals surface area contributed by atoms with Gasteiger partial charge in [0.2, 0.25) is 5.82 Å². The fraction of sp³-hybridized carbons (Fsp3) is 0.750. The molecule has 1 nitrogen and oxygen atoms in total. The van der Waals surface area contributed by atoms with Gasteiger partial charge in [0, 0.05) is 0 Å². The molecular weight excluding hydrogens is 342 g/mol. The van der Waals surface area contributed by atoms with Crippen LogP contribution in [0.4, 0.5) is 8.78 Å². The van der Waals surface area contributed by atoms with Crippen LogP contribution in [0.15, 0.2) is 12.1 Å². The summed E-state index contributed by atoms with van der Waals surface area (Å²) < 4.78 is 33.8. The van der Waals surface area contributed by atoms with Crippen LogP contribution < -0.4 is 4.74 Å². The molecule has 0 aromatic heterocycles. The van der Waals surface area contributed by atoms with Gasteiger partial charge in [0.25, 0.3) is 0 Å². The predicted octanol–water partition coefficient (Wildman–Crippen LogP) is 7.63. The van der Waals surface area contributed by atoms with E-state index in [-0.39, 0.29) is 11.7 Å². The molecule has 2 aliphatic rings. The molecule has 0 bridgehead atoms. The lowest BCUT2D eigenvalue weighted by atomic mass is 9.76. The van der Waals surface area contributed by atoms with Crippen LogP contribution in [0.5, 0.6) is 5.75 Å². The van der Waals surface area contributed by atoms with Crippen molar-refractivity contribution in [2.45, 2.75) is 90.4 Å². The molecule has 1 aromatic carbocycles. The Morgan fingerprint density at radius 3 is 2.11 bits per heavy atom. The summed E-state index contributed by atoms with van der Waals surface area (Å²) >= 11 is 0. The zero-order chi connectivity index (χ0) is 19.2. The van der Waals surface area contributed by atoms with Crippen molar-refractivity contribution in [3.8, 4) is 5.75 Å². The Morgan fingerprint density at radius 1 is 0.815 bits per heavy atom. The Bertz CT molecular complexity index is 592. The molecule has 0 aliphatic heterocycles. The third-order valence-electron chi connectivity index (χ3n) is 6.99. The highest BCUT2D eigenvalue weighted by molar-refractivity contribution is 5.33. The summed E-state index contributed by atoms with van der Waals surface area (Å²) in [5, 5.41) is 0. The van der Waals surface area contributed by atoms with Crippen molar-refractivity contribution < 1.29 is 13.5 Å². The number of rotatable bonds is 8. The highest BCUT2D eigenvalue weighted by Gasteiger charge is 2.28. The highest BCUT2D eigenvalue weighted by atomic mass is 19.2. The van der Waals surface area contributed by atoms with E-state index in [4.69, 9.17) is 4.74 Å². The van der Waals surface area contributed by atoms with Gasteiger partial charge in [-0.05, 0) is 74.3 Å². The molecule has 2 fully saturated rings. The molecule has 152 valence electrons. The molecule has 0 spiro atoms. The first-order valence-electron chi connectivity index (χ1n) is 11.2. The molecule has 3 rings (SSSR count). The summed E-state index contributed by atoms with van der Waals surface area (Å²) in [5.74, 6) is 1.38. The Morgan fingerprint density at radius 2 is 1.44 bits per heavy atom. The number of benzene rings is 1. The van der Waals surface area contributed by atoms with Crippen molar-refractivity contribution in [2.24, 2.45) is 17.8 Å². The minimum Gasteiger partial charge on any atom is -0.491 e. The van der Waals surface area contributed by atoms with Crippen LogP contribution in [-0.4, -0.2) is 6.61 Å². The summed E-state index contributed by atoms with van der Waals surface area (Å²) in [4.78, 5) is 0. The largest absolute Gasteiger partial charge is 0.491 e. The Hall–Kier alpha value is -1.12. The first-order valence-corrected chi connectivity index (χ1v) is 11.2. The van der Waals surface area contributed by atoms with Gasteiger partial charge in [-0.2, -0.15) is 4.39 Å². The molecule has 0 heterocycles. The Balaban J connectivity index is 1.46. The molecule has 1 aromatic rings. The van der Waals surface area contributed by atoms with E-state index in [2.05, 4.69) is 6.92 Å².